The van der Waals surface area contributed by atoms with Gasteiger partial charge in [0.15, 0.2) is 0 Å². The van der Waals surface area contributed by atoms with Gasteiger partial charge in [-0.1, -0.05) is 23.7 Å². The van der Waals surface area contributed by atoms with Crippen LogP contribution in [0.15, 0.2) is 48.8 Å². The predicted molar refractivity (Wildman–Crippen MR) is 111 cm³/mol. The van der Waals surface area contributed by atoms with E-state index in [2.05, 4.69) is 41.2 Å². The smallest absolute Gasteiger partial charge is 0.100 e. The predicted octanol–water partition coefficient (Wildman–Crippen LogP) is 5.38. The second-order valence-corrected chi connectivity index (χ2v) is 8.01. The molecule has 1 fully saturated rings. The Labute approximate surface area is 165 Å². The van der Waals surface area contributed by atoms with Gasteiger partial charge in [0.05, 0.1) is 0 Å². The van der Waals surface area contributed by atoms with Gasteiger partial charge in [0, 0.05) is 46.2 Å². The SMILES string of the molecule is CN(C)[C@H]1CC[C@@H](c2[nH]nc(-c3ccc(Cl)cc3)c2-c2ccncc2)CC1. The molecule has 2 aromatic heterocycles. The summed E-state index contributed by atoms with van der Waals surface area (Å²) >= 11 is 6.08. The first-order valence-corrected chi connectivity index (χ1v) is 9.92. The molecule has 1 aliphatic rings. The highest BCUT2D eigenvalue weighted by atomic mass is 35.5. The first kappa shape index (κ1) is 18.2. The van der Waals surface area contributed by atoms with E-state index in [1.165, 1.54) is 36.9 Å². The van der Waals surface area contributed by atoms with Crippen molar-refractivity contribution in [3.05, 3.63) is 59.5 Å². The topological polar surface area (TPSA) is 44.8 Å². The molecule has 4 nitrogen and oxygen atoms in total. The number of hydrogen-bond donors (Lipinski definition) is 1. The highest BCUT2D eigenvalue weighted by Crippen LogP contribution is 2.42. The Bertz CT molecular complexity index is 878. The van der Waals surface area contributed by atoms with Gasteiger partial charge in [-0.3, -0.25) is 10.1 Å². The van der Waals surface area contributed by atoms with Gasteiger partial charge in [0.25, 0.3) is 0 Å². The number of aromatic nitrogens is 3. The Morgan fingerprint density at radius 2 is 1.59 bits per heavy atom. The first-order valence-electron chi connectivity index (χ1n) is 9.54. The van der Waals surface area contributed by atoms with E-state index < -0.39 is 0 Å². The van der Waals surface area contributed by atoms with Gasteiger partial charge in [0.2, 0.25) is 0 Å². The van der Waals surface area contributed by atoms with Crippen molar-refractivity contribution in [1.82, 2.24) is 20.1 Å². The third-order valence-electron chi connectivity index (χ3n) is 5.72. The van der Waals surface area contributed by atoms with E-state index in [1.54, 1.807) is 0 Å². The molecule has 0 spiro atoms. The number of nitrogens with one attached hydrogen (secondary N) is 1. The molecule has 0 atom stereocenters. The molecule has 1 saturated carbocycles. The van der Waals surface area contributed by atoms with Crippen molar-refractivity contribution in [2.24, 2.45) is 0 Å². The van der Waals surface area contributed by atoms with E-state index in [0.717, 1.165) is 21.8 Å². The molecular weight excluding hydrogens is 356 g/mol. The van der Waals surface area contributed by atoms with E-state index in [-0.39, 0.29) is 0 Å². The lowest BCUT2D eigenvalue weighted by molar-refractivity contribution is 0.215. The lowest BCUT2D eigenvalue weighted by Gasteiger charge is -2.32. The second kappa shape index (κ2) is 7.83. The molecule has 1 N–H and O–H groups in total. The quantitative estimate of drug-likeness (QED) is 0.660. The van der Waals surface area contributed by atoms with E-state index in [1.807, 2.05) is 36.7 Å². The van der Waals surface area contributed by atoms with Crippen LogP contribution in [-0.4, -0.2) is 40.2 Å². The van der Waals surface area contributed by atoms with Crippen LogP contribution in [-0.2, 0) is 0 Å². The summed E-state index contributed by atoms with van der Waals surface area (Å²) in [5.74, 6) is 0.512. The minimum Gasteiger partial charge on any atom is -0.306 e. The molecular formula is C22H25ClN4. The molecule has 140 valence electrons. The van der Waals surface area contributed by atoms with Crippen LogP contribution < -0.4 is 0 Å². The highest BCUT2D eigenvalue weighted by molar-refractivity contribution is 6.30. The summed E-state index contributed by atoms with van der Waals surface area (Å²) in [5.41, 5.74) is 5.68. The van der Waals surface area contributed by atoms with Crippen molar-refractivity contribution in [3.63, 3.8) is 0 Å². The molecule has 0 amide bonds. The number of benzene rings is 1. The monoisotopic (exact) mass is 380 g/mol. The summed E-state index contributed by atoms with van der Waals surface area (Å²) in [6.45, 7) is 0. The number of halogens is 1. The zero-order chi connectivity index (χ0) is 18.8. The summed E-state index contributed by atoms with van der Waals surface area (Å²) in [6.07, 6.45) is 8.51. The van der Waals surface area contributed by atoms with Crippen LogP contribution in [0, 0.1) is 0 Å². The molecule has 27 heavy (non-hydrogen) atoms. The maximum Gasteiger partial charge on any atom is 0.100 e. The van der Waals surface area contributed by atoms with Gasteiger partial charge in [-0.25, -0.2) is 0 Å². The minimum absolute atomic E-state index is 0.512. The lowest BCUT2D eigenvalue weighted by atomic mass is 9.81. The molecule has 3 aromatic rings. The van der Waals surface area contributed by atoms with Gasteiger partial charge in [0.1, 0.15) is 5.69 Å². The van der Waals surface area contributed by atoms with Crippen LogP contribution >= 0.6 is 11.6 Å². The second-order valence-electron chi connectivity index (χ2n) is 7.57. The average molecular weight is 381 g/mol. The molecule has 1 aliphatic carbocycles. The van der Waals surface area contributed by atoms with Gasteiger partial charge in [-0.2, -0.15) is 5.10 Å². The van der Waals surface area contributed by atoms with Crippen molar-refractivity contribution in [2.75, 3.05) is 14.1 Å². The fourth-order valence-corrected chi connectivity index (χ4v) is 4.29. The average Bonchev–Trinajstić information content (AvgIpc) is 3.14. The summed E-state index contributed by atoms with van der Waals surface area (Å²) in [6, 6.07) is 12.7. The Balaban J connectivity index is 1.73. The normalized spacial score (nSPS) is 20.1. The van der Waals surface area contributed by atoms with Crippen LogP contribution in [0.1, 0.15) is 37.3 Å². The number of aromatic amines is 1. The van der Waals surface area contributed by atoms with E-state index >= 15 is 0 Å². The largest absolute Gasteiger partial charge is 0.306 e. The van der Waals surface area contributed by atoms with E-state index in [9.17, 15) is 0 Å². The summed E-state index contributed by atoms with van der Waals surface area (Å²) in [5, 5.41) is 8.84. The van der Waals surface area contributed by atoms with E-state index in [0.29, 0.717) is 12.0 Å². The number of pyridine rings is 1. The molecule has 0 radical (unpaired) electrons. The summed E-state index contributed by atoms with van der Waals surface area (Å²) in [4.78, 5) is 6.54. The van der Waals surface area contributed by atoms with Crippen molar-refractivity contribution < 1.29 is 0 Å². The molecule has 0 aliphatic heterocycles. The van der Waals surface area contributed by atoms with Crippen LogP contribution in [0.25, 0.3) is 22.4 Å². The van der Waals surface area contributed by atoms with Crippen LogP contribution in [0.5, 0.6) is 0 Å². The van der Waals surface area contributed by atoms with Gasteiger partial charge in [-0.05, 0) is 69.6 Å². The Kier molecular flexibility index (Phi) is 5.28. The van der Waals surface area contributed by atoms with Crippen molar-refractivity contribution >= 4 is 11.6 Å². The van der Waals surface area contributed by atoms with Gasteiger partial charge < -0.3 is 4.90 Å². The van der Waals surface area contributed by atoms with E-state index in [4.69, 9.17) is 16.7 Å². The van der Waals surface area contributed by atoms with Gasteiger partial charge in [-0.15, -0.1) is 0 Å². The fraction of sp³-hybridized carbons (Fsp3) is 0.364. The number of rotatable bonds is 4. The summed E-state index contributed by atoms with van der Waals surface area (Å²) in [7, 11) is 4.37. The lowest BCUT2D eigenvalue weighted by Crippen LogP contribution is -2.31. The third kappa shape index (κ3) is 3.78. The fourth-order valence-electron chi connectivity index (χ4n) is 4.16. The first-order chi connectivity index (χ1) is 13.1. The van der Waals surface area contributed by atoms with Crippen LogP contribution in [0.2, 0.25) is 5.02 Å². The minimum atomic E-state index is 0.512. The van der Waals surface area contributed by atoms with Crippen LogP contribution in [0.3, 0.4) is 0 Å². The number of nitrogens with zero attached hydrogens (tertiary/aromatic N) is 3. The number of hydrogen-bond acceptors (Lipinski definition) is 3. The molecule has 5 heteroatoms. The molecule has 1 aromatic carbocycles. The van der Waals surface area contributed by atoms with Crippen molar-refractivity contribution in [2.45, 2.75) is 37.6 Å². The maximum absolute atomic E-state index is 6.08. The Hall–Kier alpha value is -2.17. The molecule has 0 unspecified atom stereocenters. The number of H-pyrrole nitrogens is 1. The van der Waals surface area contributed by atoms with Crippen molar-refractivity contribution in [1.29, 1.82) is 0 Å². The zero-order valence-electron chi connectivity index (χ0n) is 15.8. The molecule has 0 bridgehead atoms. The van der Waals surface area contributed by atoms with Crippen molar-refractivity contribution in [3.8, 4) is 22.4 Å². The highest BCUT2D eigenvalue weighted by Gasteiger charge is 2.28. The van der Waals surface area contributed by atoms with Crippen LogP contribution in [0.4, 0.5) is 0 Å². The van der Waals surface area contributed by atoms with Gasteiger partial charge >= 0.3 is 0 Å². The standard InChI is InChI=1S/C22H25ClN4/c1-27(2)19-9-5-17(6-10-19)22-20(15-11-13-24-14-12-15)21(25-26-22)16-3-7-18(23)8-4-16/h3-4,7-8,11-14,17,19H,5-6,9-10H2,1-2H3,(H,25,26)/t17-,19+. The zero-order valence-corrected chi connectivity index (χ0v) is 16.6. The maximum atomic E-state index is 6.08. The Morgan fingerprint density at radius 3 is 2.22 bits per heavy atom. The summed E-state index contributed by atoms with van der Waals surface area (Å²) < 4.78 is 0. The molecule has 0 saturated heterocycles. The third-order valence-corrected chi connectivity index (χ3v) is 5.97. The molecule has 2 heterocycles. The Morgan fingerprint density at radius 1 is 0.926 bits per heavy atom. The molecule has 4 rings (SSSR count).